The molecular formula is C36H43F2N5O5Si. The number of halogens is 2. The lowest BCUT2D eigenvalue weighted by molar-refractivity contribution is 0.0303. The first kappa shape index (κ1) is 34.5. The highest BCUT2D eigenvalue weighted by Gasteiger charge is 2.26. The quantitative estimate of drug-likeness (QED) is 0.137. The molecule has 1 fully saturated rings. The van der Waals surface area contributed by atoms with Crippen LogP contribution in [0.25, 0.3) is 22.2 Å². The van der Waals surface area contributed by atoms with Crippen LogP contribution in [0.4, 0.5) is 14.5 Å². The number of hydrogen-bond donors (Lipinski definition) is 1. The van der Waals surface area contributed by atoms with Gasteiger partial charge in [0.2, 0.25) is 0 Å². The third-order valence-corrected chi connectivity index (χ3v) is 10.1. The van der Waals surface area contributed by atoms with E-state index in [9.17, 15) is 4.79 Å². The number of carbonyl (C=O) groups is 1. The Hall–Kier alpha value is -4.33. The monoisotopic (exact) mass is 691 g/mol. The Labute approximate surface area is 286 Å². The van der Waals surface area contributed by atoms with Crippen LogP contribution < -0.4 is 10.1 Å². The average Bonchev–Trinajstić information content (AvgIpc) is 3.45. The molecule has 2 aromatic carbocycles. The van der Waals surface area contributed by atoms with E-state index < -0.39 is 25.5 Å². The lowest BCUT2D eigenvalue weighted by Gasteiger charge is -2.28. The molecule has 1 N–H and O–H groups in total. The van der Waals surface area contributed by atoms with Crippen LogP contribution in [0.15, 0.2) is 59.9 Å². The second kappa shape index (κ2) is 14.3. The Kier molecular flexibility index (Phi) is 10.0. The summed E-state index contributed by atoms with van der Waals surface area (Å²) >= 11 is 0. The van der Waals surface area contributed by atoms with Gasteiger partial charge in [-0.15, -0.1) is 0 Å². The van der Waals surface area contributed by atoms with Gasteiger partial charge in [-0.25, -0.2) is 18.8 Å². The Balaban J connectivity index is 1.31. The summed E-state index contributed by atoms with van der Waals surface area (Å²) in [5.41, 5.74) is 2.61. The van der Waals surface area contributed by atoms with Gasteiger partial charge in [0.15, 0.2) is 17.4 Å². The number of amides is 1. The first-order valence-corrected chi connectivity index (χ1v) is 20.2. The summed E-state index contributed by atoms with van der Waals surface area (Å²) in [5.74, 6) is -2.19. The zero-order valence-corrected chi connectivity index (χ0v) is 29.6. The molecule has 4 heterocycles. The number of nitrogens with one attached hydrogen (secondary N) is 1. The molecule has 2 aromatic heterocycles. The largest absolute Gasteiger partial charge is 0.464 e. The van der Waals surface area contributed by atoms with Crippen LogP contribution in [0, 0.1) is 17.0 Å². The number of carbonyl (C=O) groups excluding carboxylic acids is 1. The van der Waals surface area contributed by atoms with E-state index in [1.807, 2.05) is 36.7 Å². The van der Waals surface area contributed by atoms with Crippen molar-refractivity contribution in [2.24, 2.45) is 10.4 Å². The molecule has 2 aliphatic heterocycles. The van der Waals surface area contributed by atoms with E-state index in [1.54, 1.807) is 23.1 Å². The van der Waals surface area contributed by atoms with E-state index in [1.165, 1.54) is 6.20 Å². The molecule has 2 aliphatic rings. The third kappa shape index (κ3) is 8.28. The number of aromatic nitrogens is 2. The minimum Gasteiger partial charge on any atom is -0.464 e. The highest BCUT2D eigenvalue weighted by atomic mass is 28.3. The minimum absolute atomic E-state index is 0.0615. The molecule has 0 radical (unpaired) electrons. The predicted molar refractivity (Wildman–Crippen MR) is 188 cm³/mol. The van der Waals surface area contributed by atoms with Crippen molar-refractivity contribution in [2.75, 3.05) is 51.4 Å². The van der Waals surface area contributed by atoms with Crippen LogP contribution in [0.1, 0.15) is 24.2 Å². The number of aliphatic imine (C=N–C) groups is 1. The van der Waals surface area contributed by atoms with E-state index in [0.717, 1.165) is 23.7 Å². The van der Waals surface area contributed by atoms with Crippen molar-refractivity contribution in [3.63, 3.8) is 0 Å². The van der Waals surface area contributed by atoms with Gasteiger partial charge in [0.1, 0.15) is 18.1 Å². The number of rotatable bonds is 10. The van der Waals surface area contributed by atoms with E-state index >= 15 is 8.78 Å². The Bertz CT molecular complexity index is 1830. The number of hydrogen-bond acceptors (Lipinski definition) is 8. The van der Waals surface area contributed by atoms with Gasteiger partial charge in [0.25, 0.3) is 11.9 Å². The molecule has 4 aromatic rings. The number of benzene rings is 2. The van der Waals surface area contributed by atoms with Gasteiger partial charge in [0.05, 0.1) is 31.8 Å². The molecule has 0 bridgehead atoms. The minimum atomic E-state index is -1.31. The highest BCUT2D eigenvalue weighted by molar-refractivity contribution is 6.76. The summed E-state index contributed by atoms with van der Waals surface area (Å²) in [7, 11) is -1.31. The van der Waals surface area contributed by atoms with Crippen LogP contribution in [0.3, 0.4) is 0 Å². The summed E-state index contributed by atoms with van der Waals surface area (Å²) in [6.07, 6.45) is 3.43. The maximum absolute atomic E-state index is 15.5. The van der Waals surface area contributed by atoms with Gasteiger partial charge in [-0.05, 0) is 29.8 Å². The first-order valence-electron chi connectivity index (χ1n) is 16.5. The Morgan fingerprint density at radius 3 is 2.43 bits per heavy atom. The number of nitrogens with zero attached hydrogens (tertiary/aromatic N) is 4. The molecule has 10 nitrogen and oxygen atoms in total. The summed E-state index contributed by atoms with van der Waals surface area (Å²) in [4.78, 5) is 23.8. The van der Waals surface area contributed by atoms with Gasteiger partial charge in [-0.3, -0.25) is 4.79 Å². The predicted octanol–water partition coefficient (Wildman–Crippen LogP) is 7.38. The molecule has 1 amide bonds. The highest BCUT2D eigenvalue weighted by Crippen LogP contribution is 2.40. The standard InChI is InChI=1S/C36H43F2N5O5Si/c1-36(2)21-40-35(47-22-36)41-26-18-28(37)32(29(38)19-26)48-30-10-11-39-33-31(30)27(20-43(33)23-46-16-17-49(3,4)5)24-6-8-25(9-7-24)34(44)42-12-14-45-15-13-42/h6-11,18-20H,12-17,21-23H2,1-5H3,(H,40,41). The van der Waals surface area contributed by atoms with Gasteiger partial charge in [0, 0.05) is 74.5 Å². The Morgan fingerprint density at radius 2 is 1.78 bits per heavy atom. The fourth-order valence-corrected chi connectivity index (χ4v) is 6.31. The second-order valence-electron chi connectivity index (χ2n) is 14.4. The normalized spacial score (nSPS) is 16.3. The number of amidine groups is 1. The van der Waals surface area contributed by atoms with Crippen molar-refractivity contribution in [3.05, 3.63) is 72.1 Å². The molecule has 0 atom stereocenters. The van der Waals surface area contributed by atoms with Crippen molar-refractivity contribution in [3.8, 4) is 22.6 Å². The van der Waals surface area contributed by atoms with E-state index in [0.29, 0.717) is 68.2 Å². The second-order valence-corrected chi connectivity index (χ2v) is 20.0. The fourth-order valence-electron chi connectivity index (χ4n) is 5.55. The number of ether oxygens (including phenoxy) is 4. The van der Waals surface area contributed by atoms with Crippen LogP contribution in [0.5, 0.6) is 11.5 Å². The van der Waals surface area contributed by atoms with Crippen molar-refractivity contribution < 1.29 is 32.5 Å². The zero-order chi connectivity index (χ0) is 34.8. The molecule has 260 valence electrons. The maximum atomic E-state index is 15.5. The van der Waals surface area contributed by atoms with Gasteiger partial charge >= 0.3 is 0 Å². The molecule has 49 heavy (non-hydrogen) atoms. The van der Waals surface area contributed by atoms with Gasteiger partial charge < -0.3 is 33.7 Å². The number of pyridine rings is 1. The van der Waals surface area contributed by atoms with Crippen LogP contribution >= 0.6 is 0 Å². The van der Waals surface area contributed by atoms with E-state index in [-0.39, 0.29) is 35.5 Å². The van der Waals surface area contributed by atoms with Crippen molar-refractivity contribution in [1.82, 2.24) is 14.5 Å². The summed E-state index contributed by atoms with van der Waals surface area (Å²) in [6, 6.07) is 12.3. The van der Waals surface area contributed by atoms with Gasteiger partial charge in [-0.1, -0.05) is 45.6 Å². The van der Waals surface area contributed by atoms with Crippen LogP contribution in [-0.2, 0) is 20.9 Å². The third-order valence-electron chi connectivity index (χ3n) is 8.40. The van der Waals surface area contributed by atoms with Crippen molar-refractivity contribution in [2.45, 2.75) is 46.3 Å². The number of fused-ring (bicyclic) bond motifs is 1. The molecule has 0 unspecified atom stereocenters. The topological polar surface area (TPSA) is 99.4 Å². The molecule has 0 aliphatic carbocycles. The van der Waals surface area contributed by atoms with Crippen LogP contribution in [0.2, 0.25) is 25.7 Å². The lowest BCUT2D eigenvalue weighted by atomic mass is 9.95. The molecular weight excluding hydrogens is 649 g/mol. The summed E-state index contributed by atoms with van der Waals surface area (Å²) < 4.78 is 56.0. The summed E-state index contributed by atoms with van der Waals surface area (Å²) in [5, 5.41) is 3.41. The molecule has 0 saturated carbocycles. The molecule has 6 rings (SSSR count). The SMILES string of the molecule is CC1(C)CN=C(Nc2cc(F)c(Oc3ccnc4c3c(-c3ccc(C(=O)N5CCOCC5)cc3)cn4COCC[Si](C)(C)C)c(F)c2)OC1. The van der Waals surface area contributed by atoms with E-state index in [2.05, 4.69) is 34.9 Å². The fraction of sp³-hybridized carbons (Fsp3) is 0.417. The average molecular weight is 692 g/mol. The summed E-state index contributed by atoms with van der Waals surface area (Å²) in [6.45, 7) is 14.8. The number of morpholine rings is 1. The molecule has 0 spiro atoms. The zero-order valence-electron chi connectivity index (χ0n) is 28.6. The Morgan fingerprint density at radius 1 is 1.06 bits per heavy atom. The van der Waals surface area contributed by atoms with Crippen molar-refractivity contribution >= 4 is 36.7 Å². The maximum Gasteiger partial charge on any atom is 0.289 e. The molecule has 1 saturated heterocycles. The van der Waals surface area contributed by atoms with Crippen LogP contribution in [-0.4, -0.2) is 80.5 Å². The van der Waals surface area contributed by atoms with E-state index in [4.69, 9.17) is 18.9 Å². The molecule has 13 heteroatoms. The lowest BCUT2D eigenvalue weighted by Crippen LogP contribution is -2.40. The first-order chi connectivity index (χ1) is 23.4. The van der Waals surface area contributed by atoms with Crippen molar-refractivity contribution in [1.29, 1.82) is 0 Å². The van der Waals surface area contributed by atoms with Gasteiger partial charge in [-0.2, -0.15) is 0 Å². The number of anilines is 1. The smallest absolute Gasteiger partial charge is 0.289 e.